The molecule has 2 aromatic rings. The zero-order valence-corrected chi connectivity index (χ0v) is 15.1. The number of ether oxygens (including phenoxy) is 1. The lowest BCUT2D eigenvalue weighted by molar-refractivity contribution is -0.137. The molecule has 3 rings (SSSR count). The fourth-order valence-corrected chi connectivity index (χ4v) is 2.93. The molecule has 10 heteroatoms. The van der Waals surface area contributed by atoms with Crippen LogP contribution < -0.4 is 10.9 Å². The van der Waals surface area contributed by atoms with Crippen molar-refractivity contribution in [3.8, 4) is 0 Å². The molecule has 1 aliphatic heterocycles. The van der Waals surface area contributed by atoms with E-state index in [4.69, 9.17) is 4.74 Å². The van der Waals surface area contributed by atoms with Gasteiger partial charge in [-0.15, -0.1) is 0 Å². The van der Waals surface area contributed by atoms with Gasteiger partial charge in [-0.2, -0.15) is 18.3 Å². The van der Waals surface area contributed by atoms with Crippen LogP contribution in [0.15, 0.2) is 35.1 Å². The second-order valence-corrected chi connectivity index (χ2v) is 6.35. The van der Waals surface area contributed by atoms with Crippen LogP contribution in [0.25, 0.3) is 0 Å². The first-order valence-electron chi connectivity index (χ1n) is 8.60. The largest absolute Gasteiger partial charge is 0.416 e. The van der Waals surface area contributed by atoms with Crippen molar-refractivity contribution in [2.45, 2.75) is 25.7 Å². The Hall–Kier alpha value is -2.88. The molecular formula is C18H19F3N4O3. The number of aromatic nitrogens is 2. The Bertz CT molecular complexity index is 927. The maximum atomic E-state index is 12.8. The predicted octanol–water partition coefficient (Wildman–Crippen LogP) is 2.50. The van der Waals surface area contributed by atoms with E-state index < -0.39 is 17.8 Å². The predicted molar refractivity (Wildman–Crippen MR) is 94.9 cm³/mol. The molecule has 1 aromatic heterocycles. The number of rotatable bonds is 4. The monoisotopic (exact) mass is 396 g/mol. The van der Waals surface area contributed by atoms with Crippen LogP contribution in [0.4, 0.5) is 23.7 Å². The number of hydrogen-bond donors (Lipinski definition) is 1. The maximum Gasteiger partial charge on any atom is 0.416 e. The zero-order valence-electron chi connectivity index (χ0n) is 15.1. The van der Waals surface area contributed by atoms with Crippen molar-refractivity contribution >= 4 is 11.7 Å². The number of carbonyl (C=O) groups excluding carboxylic acids is 1. The van der Waals surface area contributed by atoms with E-state index >= 15 is 0 Å². The Morgan fingerprint density at radius 1 is 1.32 bits per heavy atom. The summed E-state index contributed by atoms with van der Waals surface area (Å²) in [6, 6.07) is 5.34. The summed E-state index contributed by atoms with van der Waals surface area (Å²) in [6.07, 6.45) is -4.04. The first-order valence-corrected chi connectivity index (χ1v) is 8.60. The highest BCUT2D eigenvalue weighted by atomic mass is 19.4. The van der Waals surface area contributed by atoms with E-state index in [1.54, 1.807) is 0 Å². The lowest BCUT2D eigenvalue weighted by Gasteiger charge is -2.28. The van der Waals surface area contributed by atoms with Crippen LogP contribution in [0.3, 0.4) is 0 Å². The fourth-order valence-electron chi connectivity index (χ4n) is 2.93. The number of fused-ring (bicyclic) bond motifs is 1. The highest BCUT2D eigenvalue weighted by Crippen LogP contribution is 2.30. The minimum Gasteiger partial charge on any atom is -0.383 e. The molecule has 0 aliphatic carbocycles. The first kappa shape index (κ1) is 19.9. The van der Waals surface area contributed by atoms with Crippen LogP contribution in [0.5, 0.6) is 0 Å². The number of amides is 2. The highest BCUT2D eigenvalue weighted by Gasteiger charge is 2.31. The van der Waals surface area contributed by atoms with Gasteiger partial charge in [0.05, 0.1) is 24.4 Å². The van der Waals surface area contributed by atoms with E-state index in [1.807, 2.05) is 0 Å². The fraction of sp³-hybridized carbons (Fsp3) is 0.389. The number of alkyl halides is 3. The lowest BCUT2D eigenvalue weighted by atomic mass is 10.1. The lowest BCUT2D eigenvalue weighted by Crippen LogP contribution is -2.41. The van der Waals surface area contributed by atoms with Crippen LogP contribution >= 0.6 is 0 Å². The normalized spacial score (nSPS) is 13.9. The molecule has 0 saturated carbocycles. The smallest absolute Gasteiger partial charge is 0.383 e. The molecule has 0 radical (unpaired) electrons. The van der Waals surface area contributed by atoms with Gasteiger partial charge in [0.25, 0.3) is 5.56 Å². The van der Waals surface area contributed by atoms with Crippen LogP contribution in [0.2, 0.25) is 0 Å². The van der Waals surface area contributed by atoms with E-state index in [-0.39, 0.29) is 17.8 Å². The Kier molecular flexibility index (Phi) is 5.68. The van der Waals surface area contributed by atoms with Crippen LogP contribution in [-0.2, 0) is 30.4 Å². The van der Waals surface area contributed by atoms with Gasteiger partial charge in [-0.3, -0.25) is 4.79 Å². The molecule has 150 valence electrons. The summed E-state index contributed by atoms with van der Waals surface area (Å²) in [4.78, 5) is 26.0. The minimum absolute atomic E-state index is 0.0544. The van der Waals surface area contributed by atoms with Crippen molar-refractivity contribution in [3.63, 3.8) is 0 Å². The van der Waals surface area contributed by atoms with Gasteiger partial charge in [-0.25, -0.2) is 9.48 Å². The van der Waals surface area contributed by atoms with Crippen LogP contribution in [0.1, 0.15) is 16.8 Å². The van der Waals surface area contributed by atoms with Crippen molar-refractivity contribution in [2.75, 3.05) is 25.6 Å². The summed E-state index contributed by atoms with van der Waals surface area (Å²) in [6.45, 7) is 1.19. The quantitative estimate of drug-likeness (QED) is 0.862. The maximum absolute atomic E-state index is 12.8. The van der Waals surface area contributed by atoms with Crippen molar-refractivity contribution in [1.82, 2.24) is 14.7 Å². The van der Waals surface area contributed by atoms with E-state index in [1.165, 1.54) is 34.9 Å². The highest BCUT2D eigenvalue weighted by molar-refractivity contribution is 5.89. The Labute approximate surface area is 158 Å². The number of carbonyl (C=O) groups is 1. The number of anilines is 1. The summed E-state index contributed by atoms with van der Waals surface area (Å²) in [5.41, 5.74) is 0.271. The Morgan fingerprint density at radius 3 is 2.82 bits per heavy atom. The molecule has 0 unspecified atom stereocenters. The minimum atomic E-state index is -4.49. The van der Waals surface area contributed by atoms with E-state index in [0.29, 0.717) is 31.7 Å². The number of methoxy groups -OCH3 is 1. The van der Waals surface area contributed by atoms with E-state index in [9.17, 15) is 22.8 Å². The molecule has 0 bridgehead atoms. The van der Waals surface area contributed by atoms with Gasteiger partial charge in [0.2, 0.25) is 0 Å². The average molecular weight is 396 g/mol. The number of benzene rings is 1. The summed E-state index contributed by atoms with van der Waals surface area (Å²) in [7, 11) is 1.53. The molecule has 0 fully saturated rings. The molecule has 1 N–H and O–H groups in total. The topological polar surface area (TPSA) is 76.5 Å². The number of nitrogens with one attached hydrogen (secondary N) is 1. The summed E-state index contributed by atoms with van der Waals surface area (Å²) in [5.74, 6) is 0. The third-order valence-electron chi connectivity index (χ3n) is 4.38. The van der Waals surface area contributed by atoms with Gasteiger partial charge in [0, 0.05) is 43.9 Å². The average Bonchev–Trinajstić information content (AvgIpc) is 2.65. The van der Waals surface area contributed by atoms with Gasteiger partial charge in [0.1, 0.15) is 0 Å². The van der Waals surface area contributed by atoms with Gasteiger partial charge >= 0.3 is 12.2 Å². The summed E-state index contributed by atoms with van der Waals surface area (Å²) >= 11 is 0. The van der Waals surface area contributed by atoms with E-state index in [0.717, 1.165) is 17.8 Å². The first-order chi connectivity index (χ1) is 13.3. The van der Waals surface area contributed by atoms with Gasteiger partial charge in [0.15, 0.2) is 0 Å². The second-order valence-electron chi connectivity index (χ2n) is 6.35. The summed E-state index contributed by atoms with van der Waals surface area (Å²) < 4.78 is 44.7. The number of nitrogens with zero attached hydrogens (tertiary/aromatic N) is 3. The molecular weight excluding hydrogens is 377 g/mol. The Balaban J connectivity index is 1.71. The number of halogens is 3. The molecule has 1 aliphatic rings. The third kappa shape index (κ3) is 4.50. The van der Waals surface area contributed by atoms with Gasteiger partial charge in [-0.05, 0) is 18.2 Å². The molecule has 0 saturated heterocycles. The van der Waals surface area contributed by atoms with Crippen LogP contribution in [0, 0.1) is 0 Å². The Morgan fingerprint density at radius 2 is 2.11 bits per heavy atom. The molecule has 1 aromatic carbocycles. The van der Waals surface area contributed by atoms with E-state index in [2.05, 4.69) is 10.4 Å². The molecule has 2 amide bonds. The third-order valence-corrected chi connectivity index (χ3v) is 4.38. The molecule has 7 nitrogen and oxygen atoms in total. The second kappa shape index (κ2) is 8.01. The molecule has 0 atom stereocenters. The standard InChI is InChI=1S/C18H19F3N4O3/c1-28-8-7-25-16(26)9-12-11-24(6-5-15(12)23-25)17(27)22-14-4-2-3-13(10-14)18(19,20)21/h2-4,9-10H,5-8,11H2,1H3,(H,22,27). The number of urea groups is 1. The van der Waals surface area contributed by atoms with Crippen LogP contribution in [-0.4, -0.2) is 41.0 Å². The molecule has 28 heavy (non-hydrogen) atoms. The van der Waals surface area contributed by atoms with Gasteiger partial charge < -0.3 is 15.0 Å². The zero-order chi connectivity index (χ0) is 20.3. The molecule has 0 spiro atoms. The van der Waals surface area contributed by atoms with Gasteiger partial charge in [-0.1, -0.05) is 6.07 Å². The number of hydrogen-bond acceptors (Lipinski definition) is 4. The molecule has 2 heterocycles. The van der Waals surface area contributed by atoms with Crippen molar-refractivity contribution in [3.05, 3.63) is 57.5 Å². The van der Waals surface area contributed by atoms with Crippen molar-refractivity contribution < 1.29 is 22.7 Å². The SMILES string of the molecule is COCCn1nc2c(cc1=O)CN(C(=O)Nc1cccc(C(F)(F)F)c1)CC2. The van der Waals surface area contributed by atoms with Crippen molar-refractivity contribution in [2.24, 2.45) is 0 Å². The summed E-state index contributed by atoms with van der Waals surface area (Å²) in [5, 5.41) is 6.78. The van der Waals surface area contributed by atoms with Crippen molar-refractivity contribution in [1.29, 1.82) is 0 Å².